The SMILES string of the molecule is CCOC(=O)c1sc2ncn(Cc3csc(N(C(C)=O)c4ccc(C)cc4C)n3)c(=O)c2c1C. The smallest absolute Gasteiger partial charge is 0.348 e. The second kappa shape index (κ2) is 9.47. The summed E-state index contributed by atoms with van der Waals surface area (Å²) in [6.07, 6.45) is 1.46. The molecule has 0 saturated carbocycles. The fourth-order valence-corrected chi connectivity index (χ4v) is 5.68. The Morgan fingerprint density at radius 2 is 1.97 bits per heavy atom. The van der Waals surface area contributed by atoms with Crippen LogP contribution in [0.1, 0.15) is 45.9 Å². The minimum atomic E-state index is -0.450. The van der Waals surface area contributed by atoms with E-state index in [-0.39, 0.29) is 24.6 Å². The van der Waals surface area contributed by atoms with Crippen LogP contribution in [0.15, 0.2) is 34.7 Å². The molecule has 1 aromatic carbocycles. The van der Waals surface area contributed by atoms with E-state index >= 15 is 0 Å². The van der Waals surface area contributed by atoms with E-state index in [0.29, 0.717) is 31.5 Å². The molecule has 3 aromatic heterocycles. The zero-order valence-electron chi connectivity index (χ0n) is 19.5. The predicted octanol–water partition coefficient (Wildman–Crippen LogP) is 4.75. The number of anilines is 2. The predicted molar refractivity (Wildman–Crippen MR) is 135 cm³/mol. The molecule has 176 valence electrons. The summed E-state index contributed by atoms with van der Waals surface area (Å²) in [6.45, 7) is 9.39. The molecule has 10 heteroatoms. The minimum Gasteiger partial charge on any atom is -0.462 e. The maximum Gasteiger partial charge on any atom is 0.348 e. The van der Waals surface area contributed by atoms with Crippen LogP contribution in [0.25, 0.3) is 10.2 Å². The van der Waals surface area contributed by atoms with Gasteiger partial charge in [-0.25, -0.2) is 14.8 Å². The highest BCUT2D eigenvalue weighted by molar-refractivity contribution is 7.20. The number of fused-ring (bicyclic) bond motifs is 1. The molecule has 1 amide bonds. The van der Waals surface area contributed by atoms with Crippen molar-refractivity contribution in [3.63, 3.8) is 0 Å². The Morgan fingerprint density at radius 1 is 1.21 bits per heavy atom. The Kier molecular flexibility index (Phi) is 6.63. The van der Waals surface area contributed by atoms with E-state index in [2.05, 4.69) is 9.97 Å². The van der Waals surface area contributed by atoms with Gasteiger partial charge in [0.2, 0.25) is 5.91 Å². The van der Waals surface area contributed by atoms with Gasteiger partial charge in [0.25, 0.3) is 5.56 Å². The summed E-state index contributed by atoms with van der Waals surface area (Å²) in [5.74, 6) is -0.595. The van der Waals surface area contributed by atoms with Crippen molar-refractivity contribution in [2.45, 2.75) is 41.2 Å². The zero-order valence-corrected chi connectivity index (χ0v) is 21.2. The number of carbonyl (C=O) groups excluding carboxylic acids is 2. The second-order valence-electron chi connectivity index (χ2n) is 7.90. The standard InChI is InChI=1S/C24H24N4O4S2/c1-6-32-23(31)20-15(4)19-21(34-20)25-12-27(22(19)30)10-17-11-33-24(26-17)28(16(5)29)18-8-7-13(2)9-14(18)3/h7-9,11-12H,6,10H2,1-5H3. The third kappa shape index (κ3) is 4.38. The number of ether oxygens (including phenoxy) is 1. The zero-order chi connectivity index (χ0) is 24.6. The molecule has 4 aromatic rings. The molecule has 34 heavy (non-hydrogen) atoms. The molecular weight excluding hydrogens is 472 g/mol. The summed E-state index contributed by atoms with van der Waals surface area (Å²) in [5.41, 5.74) is 3.82. The van der Waals surface area contributed by atoms with Crippen molar-refractivity contribution in [2.75, 3.05) is 11.5 Å². The topological polar surface area (TPSA) is 94.4 Å². The summed E-state index contributed by atoms with van der Waals surface area (Å²) in [5, 5.41) is 2.77. The Balaban J connectivity index is 1.67. The number of nitrogens with zero attached hydrogens (tertiary/aromatic N) is 4. The Hall–Kier alpha value is -3.37. The molecule has 0 spiro atoms. The van der Waals surface area contributed by atoms with E-state index in [4.69, 9.17) is 4.74 Å². The van der Waals surface area contributed by atoms with Crippen molar-refractivity contribution >= 4 is 55.6 Å². The number of thiazole rings is 1. The van der Waals surface area contributed by atoms with Gasteiger partial charge in [0.15, 0.2) is 5.13 Å². The first-order chi connectivity index (χ1) is 16.2. The van der Waals surface area contributed by atoms with Gasteiger partial charge in [-0.2, -0.15) is 0 Å². The molecule has 0 aliphatic carbocycles. The Bertz CT molecular complexity index is 1470. The summed E-state index contributed by atoms with van der Waals surface area (Å²) < 4.78 is 6.56. The van der Waals surface area contributed by atoms with Crippen LogP contribution < -0.4 is 10.5 Å². The Morgan fingerprint density at radius 3 is 2.65 bits per heavy atom. The third-order valence-electron chi connectivity index (χ3n) is 5.35. The lowest BCUT2D eigenvalue weighted by Crippen LogP contribution is -2.24. The molecule has 0 unspecified atom stereocenters. The molecular formula is C24H24N4O4S2. The number of rotatable bonds is 6. The average Bonchev–Trinajstić information content (AvgIpc) is 3.36. The lowest BCUT2D eigenvalue weighted by Gasteiger charge is -2.20. The van der Waals surface area contributed by atoms with E-state index in [1.54, 1.807) is 18.7 Å². The third-order valence-corrected chi connectivity index (χ3v) is 7.40. The first-order valence-corrected chi connectivity index (χ1v) is 12.4. The molecule has 4 rings (SSSR count). The summed E-state index contributed by atoms with van der Waals surface area (Å²) in [4.78, 5) is 49.4. The van der Waals surface area contributed by atoms with Gasteiger partial charge in [0.05, 0.1) is 36.2 Å². The number of benzene rings is 1. The number of hydrogen-bond donors (Lipinski definition) is 0. The van der Waals surface area contributed by atoms with Crippen molar-refractivity contribution in [3.05, 3.63) is 67.5 Å². The number of aryl methyl sites for hydroxylation is 3. The first kappa shape index (κ1) is 23.8. The molecule has 0 atom stereocenters. The van der Waals surface area contributed by atoms with Crippen LogP contribution in [0.4, 0.5) is 10.8 Å². The van der Waals surface area contributed by atoms with Crippen molar-refractivity contribution in [1.82, 2.24) is 14.5 Å². The molecule has 0 radical (unpaired) electrons. The van der Waals surface area contributed by atoms with E-state index in [1.807, 2.05) is 37.4 Å². The van der Waals surface area contributed by atoms with E-state index in [9.17, 15) is 14.4 Å². The summed E-state index contributed by atoms with van der Waals surface area (Å²) in [7, 11) is 0. The molecule has 0 aliphatic heterocycles. The highest BCUT2D eigenvalue weighted by atomic mass is 32.1. The lowest BCUT2D eigenvalue weighted by molar-refractivity contribution is -0.115. The van der Waals surface area contributed by atoms with Gasteiger partial charge in [0.1, 0.15) is 9.71 Å². The number of hydrogen-bond acceptors (Lipinski definition) is 8. The van der Waals surface area contributed by atoms with Gasteiger partial charge >= 0.3 is 5.97 Å². The molecule has 0 aliphatic rings. The van der Waals surface area contributed by atoms with Crippen LogP contribution in [0.2, 0.25) is 0 Å². The normalized spacial score (nSPS) is 11.1. The fraction of sp³-hybridized carbons (Fsp3) is 0.292. The number of aromatic nitrogens is 3. The van der Waals surface area contributed by atoms with Crippen molar-refractivity contribution in [3.8, 4) is 0 Å². The number of esters is 1. The van der Waals surface area contributed by atoms with Gasteiger partial charge in [0, 0.05) is 12.3 Å². The largest absolute Gasteiger partial charge is 0.462 e. The molecule has 3 heterocycles. The van der Waals surface area contributed by atoms with Gasteiger partial charge in [-0.15, -0.1) is 22.7 Å². The van der Waals surface area contributed by atoms with Crippen molar-refractivity contribution in [1.29, 1.82) is 0 Å². The number of thiophene rings is 1. The molecule has 8 nitrogen and oxygen atoms in total. The summed E-state index contributed by atoms with van der Waals surface area (Å²) in [6, 6.07) is 5.89. The Labute approximate surface area is 204 Å². The highest BCUT2D eigenvalue weighted by Gasteiger charge is 2.22. The molecule has 0 saturated heterocycles. The van der Waals surface area contributed by atoms with Crippen LogP contribution in [-0.2, 0) is 16.1 Å². The highest BCUT2D eigenvalue weighted by Crippen LogP contribution is 2.32. The number of amides is 1. The van der Waals surface area contributed by atoms with Crippen LogP contribution in [0.3, 0.4) is 0 Å². The van der Waals surface area contributed by atoms with Crippen LogP contribution in [0.5, 0.6) is 0 Å². The van der Waals surface area contributed by atoms with Crippen molar-refractivity contribution < 1.29 is 14.3 Å². The lowest BCUT2D eigenvalue weighted by atomic mass is 10.1. The monoisotopic (exact) mass is 496 g/mol. The average molecular weight is 497 g/mol. The maximum absolute atomic E-state index is 13.2. The fourth-order valence-electron chi connectivity index (χ4n) is 3.77. The van der Waals surface area contributed by atoms with E-state index in [0.717, 1.165) is 28.2 Å². The van der Waals surface area contributed by atoms with Crippen LogP contribution in [-0.4, -0.2) is 33.0 Å². The quantitative estimate of drug-likeness (QED) is 0.358. The second-order valence-corrected chi connectivity index (χ2v) is 9.74. The van der Waals surface area contributed by atoms with E-state index < -0.39 is 5.97 Å². The van der Waals surface area contributed by atoms with Gasteiger partial charge < -0.3 is 4.74 Å². The van der Waals surface area contributed by atoms with Gasteiger partial charge in [-0.05, 0) is 44.9 Å². The first-order valence-electron chi connectivity index (χ1n) is 10.7. The van der Waals surface area contributed by atoms with Crippen LogP contribution in [0, 0.1) is 20.8 Å². The molecule has 0 N–H and O–H groups in total. The minimum absolute atomic E-state index is 0.145. The molecule has 0 bridgehead atoms. The number of carbonyl (C=O) groups is 2. The summed E-state index contributed by atoms with van der Waals surface area (Å²) >= 11 is 2.49. The van der Waals surface area contributed by atoms with Crippen LogP contribution >= 0.6 is 22.7 Å². The van der Waals surface area contributed by atoms with Gasteiger partial charge in [-0.3, -0.25) is 19.1 Å². The van der Waals surface area contributed by atoms with Gasteiger partial charge in [-0.1, -0.05) is 17.7 Å². The van der Waals surface area contributed by atoms with Crippen molar-refractivity contribution in [2.24, 2.45) is 0 Å². The van der Waals surface area contributed by atoms with E-state index in [1.165, 1.54) is 29.2 Å². The molecule has 0 fully saturated rings. The maximum atomic E-state index is 13.2.